The summed E-state index contributed by atoms with van der Waals surface area (Å²) in [5, 5.41) is 2.40. The third kappa shape index (κ3) is 4.28. The van der Waals surface area contributed by atoms with Crippen LogP contribution in [0.3, 0.4) is 0 Å². The fourth-order valence-corrected chi connectivity index (χ4v) is 3.76. The molecule has 0 saturated carbocycles. The Labute approximate surface area is 166 Å². The molecule has 9 heteroatoms. The molecule has 1 N–H and O–H groups in total. The summed E-state index contributed by atoms with van der Waals surface area (Å²) in [6.45, 7) is 2.57. The predicted molar refractivity (Wildman–Crippen MR) is 103 cm³/mol. The second-order valence-corrected chi connectivity index (χ2v) is 7.33. The number of benzene rings is 1. The van der Waals surface area contributed by atoms with Crippen LogP contribution >= 0.6 is 0 Å². The number of halogens is 3. The van der Waals surface area contributed by atoms with Crippen molar-refractivity contribution in [2.45, 2.75) is 38.4 Å². The van der Waals surface area contributed by atoms with Crippen LogP contribution in [0.25, 0.3) is 0 Å². The van der Waals surface area contributed by atoms with Crippen LogP contribution in [0, 0.1) is 0 Å². The number of nitrogens with one attached hydrogen (secondary N) is 1. The number of nitrogens with zero attached hydrogens (tertiary/aromatic N) is 4. The van der Waals surface area contributed by atoms with Gasteiger partial charge in [-0.25, -0.2) is 14.8 Å². The highest BCUT2D eigenvalue weighted by molar-refractivity contribution is 5.90. The molecule has 6 nitrogen and oxygen atoms in total. The maximum atomic E-state index is 13.1. The molecule has 154 valence electrons. The standard InChI is InChI=1S/C20H22F3N5O/c21-20(22,23)15-6-2-3-7-17(15)26-19(29)28-11-8-16-14(13-28)12-24-18(25-16)27-9-4-1-5-10-27/h2-3,6-7,12H,1,4-5,8-11,13H2,(H,26,29). The van der Waals surface area contributed by atoms with Crippen molar-refractivity contribution in [2.75, 3.05) is 29.9 Å². The van der Waals surface area contributed by atoms with Gasteiger partial charge in [-0.1, -0.05) is 12.1 Å². The SMILES string of the molecule is O=C(Nc1ccccc1C(F)(F)F)N1CCc2nc(N3CCCCC3)ncc2C1. The molecular weight excluding hydrogens is 383 g/mol. The maximum Gasteiger partial charge on any atom is 0.418 e. The molecule has 1 aromatic heterocycles. The van der Waals surface area contributed by atoms with Crippen LogP contribution < -0.4 is 10.2 Å². The van der Waals surface area contributed by atoms with E-state index in [0.717, 1.165) is 49.2 Å². The smallest absolute Gasteiger partial charge is 0.341 e. The minimum Gasteiger partial charge on any atom is -0.341 e. The van der Waals surface area contributed by atoms with Gasteiger partial charge in [-0.2, -0.15) is 13.2 Å². The van der Waals surface area contributed by atoms with E-state index in [1.807, 2.05) is 0 Å². The predicted octanol–water partition coefficient (Wildman–Crippen LogP) is 4.08. The topological polar surface area (TPSA) is 61.4 Å². The van der Waals surface area contributed by atoms with E-state index in [-0.39, 0.29) is 12.2 Å². The maximum absolute atomic E-state index is 13.1. The largest absolute Gasteiger partial charge is 0.418 e. The fraction of sp³-hybridized carbons (Fsp3) is 0.450. The van der Waals surface area contributed by atoms with Crippen LogP contribution in [-0.4, -0.2) is 40.5 Å². The lowest BCUT2D eigenvalue weighted by molar-refractivity contribution is -0.136. The van der Waals surface area contributed by atoms with Gasteiger partial charge in [0.2, 0.25) is 5.95 Å². The van der Waals surface area contributed by atoms with Gasteiger partial charge in [0.1, 0.15) is 0 Å². The number of alkyl halides is 3. The number of carbonyl (C=O) groups is 1. The molecule has 2 amide bonds. The molecule has 3 heterocycles. The summed E-state index contributed by atoms with van der Waals surface area (Å²) < 4.78 is 39.4. The Hall–Kier alpha value is -2.84. The molecule has 0 radical (unpaired) electrons. The number of piperidine rings is 1. The summed E-state index contributed by atoms with van der Waals surface area (Å²) in [5.41, 5.74) is 0.629. The lowest BCUT2D eigenvalue weighted by Crippen LogP contribution is -2.40. The Morgan fingerprint density at radius 2 is 1.83 bits per heavy atom. The first-order valence-corrected chi connectivity index (χ1v) is 9.74. The summed E-state index contributed by atoms with van der Waals surface area (Å²) in [7, 11) is 0. The van der Waals surface area contributed by atoms with Crippen LogP contribution in [0.5, 0.6) is 0 Å². The Morgan fingerprint density at radius 1 is 1.07 bits per heavy atom. The zero-order chi connectivity index (χ0) is 20.4. The van der Waals surface area contributed by atoms with Gasteiger partial charge < -0.3 is 15.1 Å². The number of rotatable bonds is 2. The van der Waals surface area contributed by atoms with Crippen LogP contribution in [-0.2, 0) is 19.1 Å². The number of urea groups is 1. The Kier molecular flexibility index (Phi) is 5.29. The van der Waals surface area contributed by atoms with Crippen LogP contribution in [0.2, 0.25) is 0 Å². The summed E-state index contributed by atoms with van der Waals surface area (Å²) in [6, 6.07) is 4.41. The van der Waals surface area contributed by atoms with Crippen molar-refractivity contribution in [1.29, 1.82) is 0 Å². The van der Waals surface area contributed by atoms with Crippen molar-refractivity contribution in [3.05, 3.63) is 47.3 Å². The lowest BCUT2D eigenvalue weighted by atomic mass is 10.1. The third-order valence-electron chi connectivity index (χ3n) is 5.32. The van der Waals surface area contributed by atoms with E-state index in [2.05, 4.69) is 20.2 Å². The number of fused-ring (bicyclic) bond motifs is 1. The molecule has 29 heavy (non-hydrogen) atoms. The number of amides is 2. The second kappa shape index (κ2) is 7.88. The Balaban J connectivity index is 1.45. The highest BCUT2D eigenvalue weighted by atomic mass is 19.4. The van der Waals surface area contributed by atoms with E-state index < -0.39 is 17.8 Å². The highest BCUT2D eigenvalue weighted by Crippen LogP contribution is 2.34. The Bertz CT molecular complexity index is 896. The third-order valence-corrected chi connectivity index (χ3v) is 5.32. The van der Waals surface area contributed by atoms with Crippen LogP contribution in [0.1, 0.15) is 36.1 Å². The highest BCUT2D eigenvalue weighted by Gasteiger charge is 2.34. The van der Waals surface area contributed by atoms with Gasteiger partial charge in [-0.05, 0) is 31.4 Å². The number of para-hydroxylation sites is 1. The summed E-state index contributed by atoms with van der Waals surface area (Å²) in [5.74, 6) is 0.723. The van der Waals surface area contributed by atoms with Crippen molar-refractivity contribution in [3.8, 4) is 0 Å². The molecule has 0 aliphatic carbocycles. The number of carbonyl (C=O) groups excluding carboxylic acids is 1. The molecule has 1 saturated heterocycles. The quantitative estimate of drug-likeness (QED) is 0.818. The van der Waals surface area contributed by atoms with Gasteiger partial charge in [0.25, 0.3) is 0 Å². The molecule has 0 bridgehead atoms. The molecule has 0 spiro atoms. The molecule has 1 fully saturated rings. The molecule has 1 aromatic carbocycles. The van der Waals surface area contributed by atoms with Crippen molar-refractivity contribution in [2.24, 2.45) is 0 Å². The normalized spacial score (nSPS) is 17.1. The monoisotopic (exact) mass is 405 g/mol. The zero-order valence-corrected chi connectivity index (χ0v) is 15.9. The summed E-state index contributed by atoms with van der Waals surface area (Å²) in [4.78, 5) is 25.3. The van der Waals surface area contributed by atoms with E-state index in [1.165, 1.54) is 29.5 Å². The van der Waals surface area contributed by atoms with Gasteiger partial charge >= 0.3 is 12.2 Å². The summed E-state index contributed by atoms with van der Waals surface area (Å²) in [6.07, 6.45) is 1.24. The first-order chi connectivity index (χ1) is 13.9. The Morgan fingerprint density at radius 3 is 2.59 bits per heavy atom. The average molecular weight is 405 g/mol. The van der Waals surface area contributed by atoms with E-state index in [1.54, 1.807) is 6.20 Å². The van der Waals surface area contributed by atoms with E-state index >= 15 is 0 Å². The van der Waals surface area contributed by atoms with Gasteiger partial charge in [0, 0.05) is 37.8 Å². The minimum atomic E-state index is -4.53. The average Bonchev–Trinajstić information content (AvgIpc) is 2.73. The first kappa shape index (κ1) is 19.5. The fourth-order valence-electron chi connectivity index (χ4n) is 3.76. The van der Waals surface area contributed by atoms with Crippen molar-refractivity contribution >= 4 is 17.7 Å². The van der Waals surface area contributed by atoms with Crippen molar-refractivity contribution < 1.29 is 18.0 Å². The number of hydrogen-bond donors (Lipinski definition) is 1. The van der Waals surface area contributed by atoms with E-state index in [9.17, 15) is 18.0 Å². The van der Waals surface area contributed by atoms with Gasteiger partial charge in [-0.15, -0.1) is 0 Å². The molecular formula is C20H22F3N5O. The number of hydrogen-bond acceptors (Lipinski definition) is 4. The van der Waals surface area contributed by atoms with E-state index in [4.69, 9.17) is 0 Å². The molecule has 2 aromatic rings. The van der Waals surface area contributed by atoms with Gasteiger partial charge in [0.15, 0.2) is 0 Å². The van der Waals surface area contributed by atoms with Crippen LogP contribution in [0.4, 0.5) is 29.6 Å². The van der Waals surface area contributed by atoms with Crippen molar-refractivity contribution in [1.82, 2.24) is 14.9 Å². The minimum absolute atomic E-state index is 0.243. The second-order valence-electron chi connectivity index (χ2n) is 7.33. The zero-order valence-electron chi connectivity index (χ0n) is 15.9. The van der Waals surface area contributed by atoms with Gasteiger partial charge in [0.05, 0.1) is 23.5 Å². The number of anilines is 2. The molecule has 0 atom stereocenters. The number of aromatic nitrogens is 2. The van der Waals surface area contributed by atoms with Crippen molar-refractivity contribution in [3.63, 3.8) is 0 Å². The lowest BCUT2D eigenvalue weighted by Gasteiger charge is -2.31. The summed E-state index contributed by atoms with van der Waals surface area (Å²) >= 11 is 0. The van der Waals surface area contributed by atoms with Gasteiger partial charge in [-0.3, -0.25) is 0 Å². The molecule has 4 rings (SSSR count). The first-order valence-electron chi connectivity index (χ1n) is 9.74. The van der Waals surface area contributed by atoms with Crippen LogP contribution in [0.15, 0.2) is 30.5 Å². The molecule has 0 unspecified atom stereocenters. The molecule has 2 aliphatic heterocycles. The molecule has 2 aliphatic rings. The van der Waals surface area contributed by atoms with E-state index in [0.29, 0.717) is 13.0 Å².